The van der Waals surface area contributed by atoms with Crippen LogP contribution >= 0.6 is 11.7 Å². The average molecular weight is 500 g/mol. The molecule has 1 fully saturated rings. The number of likely N-dealkylation sites (tertiary alicyclic amines) is 1. The van der Waals surface area contributed by atoms with Gasteiger partial charge in [0.05, 0.1) is 35.6 Å². The largest absolute Gasteiger partial charge is 0.399 e. The lowest BCUT2D eigenvalue weighted by molar-refractivity contribution is -0.133. The van der Waals surface area contributed by atoms with Crippen LogP contribution < -0.4 is 5.32 Å². The molecular weight excluding hydrogens is 474 g/mol. The van der Waals surface area contributed by atoms with Crippen molar-refractivity contribution in [3.8, 4) is 0 Å². The van der Waals surface area contributed by atoms with Crippen molar-refractivity contribution in [2.24, 2.45) is 5.16 Å². The van der Waals surface area contributed by atoms with E-state index in [1.54, 1.807) is 11.0 Å². The molecule has 0 aliphatic carbocycles. The first-order valence-corrected chi connectivity index (χ1v) is 12.4. The number of hydrogen-bond donors (Lipinski definition) is 1. The molecule has 3 aromatic carbocycles. The van der Waals surface area contributed by atoms with Crippen molar-refractivity contribution >= 4 is 46.0 Å². The lowest BCUT2D eigenvalue weighted by atomic mass is 9.89. The van der Waals surface area contributed by atoms with Crippen molar-refractivity contribution in [3.05, 3.63) is 90.0 Å². The van der Waals surface area contributed by atoms with Crippen molar-refractivity contribution < 1.29 is 14.4 Å². The highest BCUT2D eigenvalue weighted by Gasteiger charge is 2.38. The van der Waals surface area contributed by atoms with E-state index in [9.17, 15) is 9.59 Å². The Hall–Kier alpha value is -4.11. The topological polar surface area (TPSA) is 96.8 Å². The standard InChI is InChI=1S/C27H25N5O3S/c1-35-29-20-15-21(16-24(33)28-22-13-8-14-23-26(22)31-36-30-23)32(17-20)27(34)25(18-9-4-2-5-10-18)19-11-6-3-7-12-19/h2-14,21,25H,15-17H2,1H3,(H,28,33)/t21-/m0/s1. The monoisotopic (exact) mass is 499 g/mol. The van der Waals surface area contributed by atoms with E-state index in [0.717, 1.165) is 34.1 Å². The number of hydrogen-bond acceptors (Lipinski definition) is 7. The first kappa shape index (κ1) is 23.6. The molecule has 5 rings (SSSR count). The molecule has 0 bridgehead atoms. The van der Waals surface area contributed by atoms with E-state index < -0.39 is 5.92 Å². The van der Waals surface area contributed by atoms with E-state index in [0.29, 0.717) is 24.2 Å². The van der Waals surface area contributed by atoms with Gasteiger partial charge in [0.15, 0.2) is 0 Å². The third-order valence-electron chi connectivity index (χ3n) is 6.26. The summed E-state index contributed by atoms with van der Waals surface area (Å²) in [6.07, 6.45) is 0.588. The predicted octanol–water partition coefficient (Wildman–Crippen LogP) is 4.46. The smallest absolute Gasteiger partial charge is 0.235 e. The van der Waals surface area contributed by atoms with Crippen LogP contribution in [0.15, 0.2) is 84.0 Å². The molecule has 8 nitrogen and oxygen atoms in total. The number of amides is 2. The summed E-state index contributed by atoms with van der Waals surface area (Å²) in [4.78, 5) is 33.9. The van der Waals surface area contributed by atoms with Crippen molar-refractivity contribution in [2.75, 3.05) is 19.0 Å². The van der Waals surface area contributed by atoms with E-state index in [2.05, 4.69) is 19.2 Å². The van der Waals surface area contributed by atoms with E-state index in [1.807, 2.05) is 72.8 Å². The number of carbonyl (C=O) groups excluding carboxylic acids is 2. The fraction of sp³-hybridized carbons (Fsp3) is 0.222. The minimum absolute atomic E-state index is 0.0719. The SMILES string of the molecule is CON=C1C[C@@H](CC(=O)Nc2cccc3nsnc23)N(C(=O)C(c2ccccc2)c2ccccc2)C1. The molecule has 1 N–H and O–H groups in total. The van der Waals surface area contributed by atoms with Crippen molar-refractivity contribution in [1.29, 1.82) is 0 Å². The molecule has 0 spiro atoms. The van der Waals surface area contributed by atoms with Gasteiger partial charge in [0.1, 0.15) is 18.1 Å². The zero-order chi connectivity index (χ0) is 24.9. The number of rotatable bonds is 7. The molecule has 0 radical (unpaired) electrons. The van der Waals surface area contributed by atoms with Gasteiger partial charge in [-0.05, 0) is 23.3 Å². The number of carbonyl (C=O) groups is 2. The Morgan fingerprint density at radius 1 is 1.03 bits per heavy atom. The van der Waals surface area contributed by atoms with E-state index in [4.69, 9.17) is 4.84 Å². The summed E-state index contributed by atoms with van der Waals surface area (Å²) in [5.41, 5.74) is 4.53. The van der Waals surface area contributed by atoms with Crippen LogP contribution in [0.25, 0.3) is 11.0 Å². The van der Waals surface area contributed by atoms with Crippen LogP contribution in [-0.2, 0) is 14.4 Å². The lowest BCUT2D eigenvalue weighted by Gasteiger charge is -2.29. The molecule has 9 heteroatoms. The molecule has 2 heterocycles. The molecule has 1 saturated heterocycles. The Morgan fingerprint density at radius 2 is 1.72 bits per heavy atom. The van der Waals surface area contributed by atoms with Gasteiger partial charge in [-0.3, -0.25) is 9.59 Å². The highest BCUT2D eigenvalue weighted by atomic mass is 32.1. The van der Waals surface area contributed by atoms with E-state index in [1.165, 1.54) is 7.11 Å². The number of fused-ring (bicyclic) bond motifs is 1. The highest BCUT2D eigenvalue weighted by molar-refractivity contribution is 7.00. The zero-order valence-electron chi connectivity index (χ0n) is 19.7. The van der Waals surface area contributed by atoms with Crippen LogP contribution in [0, 0.1) is 0 Å². The Bertz CT molecular complexity index is 1350. The minimum Gasteiger partial charge on any atom is -0.399 e. The second-order valence-corrected chi connectivity index (χ2v) is 9.14. The number of oxime groups is 1. The third-order valence-corrected chi connectivity index (χ3v) is 6.80. The molecule has 0 unspecified atom stereocenters. The number of anilines is 1. The molecule has 1 aromatic heterocycles. The van der Waals surface area contributed by atoms with Crippen LogP contribution in [0.3, 0.4) is 0 Å². The van der Waals surface area contributed by atoms with Gasteiger partial charge in [0.25, 0.3) is 0 Å². The van der Waals surface area contributed by atoms with Gasteiger partial charge in [-0.25, -0.2) is 0 Å². The maximum Gasteiger partial charge on any atom is 0.235 e. The van der Waals surface area contributed by atoms with Gasteiger partial charge in [-0.2, -0.15) is 8.75 Å². The van der Waals surface area contributed by atoms with Crippen molar-refractivity contribution in [1.82, 2.24) is 13.6 Å². The first-order chi connectivity index (χ1) is 17.6. The average Bonchev–Trinajstić information content (AvgIpc) is 3.53. The quantitative estimate of drug-likeness (QED) is 0.379. The van der Waals surface area contributed by atoms with Crippen molar-refractivity contribution in [2.45, 2.75) is 24.8 Å². The number of nitrogens with one attached hydrogen (secondary N) is 1. The van der Waals surface area contributed by atoms with E-state index >= 15 is 0 Å². The summed E-state index contributed by atoms with van der Waals surface area (Å²) in [7, 11) is 1.48. The molecule has 0 saturated carbocycles. The van der Waals surface area contributed by atoms with Gasteiger partial charge in [0, 0.05) is 18.9 Å². The molecule has 1 aliphatic rings. The predicted molar refractivity (Wildman–Crippen MR) is 140 cm³/mol. The summed E-state index contributed by atoms with van der Waals surface area (Å²) < 4.78 is 8.52. The van der Waals surface area contributed by atoms with Gasteiger partial charge in [0.2, 0.25) is 11.8 Å². The molecular formula is C27H25N5O3S. The summed E-state index contributed by atoms with van der Waals surface area (Å²) in [5, 5.41) is 7.06. The molecule has 4 aromatic rings. The molecule has 1 atom stereocenters. The number of nitrogens with zero attached hydrogens (tertiary/aromatic N) is 4. The van der Waals surface area contributed by atoms with Crippen LogP contribution in [0.1, 0.15) is 29.9 Å². The third kappa shape index (κ3) is 4.96. The van der Waals surface area contributed by atoms with Gasteiger partial charge in [-0.1, -0.05) is 71.9 Å². The molecule has 1 aliphatic heterocycles. The zero-order valence-corrected chi connectivity index (χ0v) is 20.5. The molecule has 182 valence electrons. The van der Waals surface area contributed by atoms with Gasteiger partial charge >= 0.3 is 0 Å². The minimum atomic E-state index is -0.491. The Morgan fingerprint density at radius 3 is 2.39 bits per heavy atom. The Kier molecular flexibility index (Phi) is 6.99. The summed E-state index contributed by atoms with van der Waals surface area (Å²) >= 11 is 1.10. The first-order valence-electron chi connectivity index (χ1n) is 11.6. The Labute approximate surface area is 212 Å². The molecule has 36 heavy (non-hydrogen) atoms. The molecule has 2 amide bonds. The number of aromatic nitrogens is 2. The summed E-state index contributed by atoms with van der Waals surface area (Å²) in [5.74, 6) is -0.764. The maximum atomic E-state index is 14.1. The van der Waals surface area contributed by atoms with Crippen LogP contribution in [-0.4, -0.2) is 50.9 Å². The van der Waals surface area contributed by atoms with Gasteiger partial charge < -0.3 is 15.1 Å². The Balaban J connectivity index is 1.41. The van der Waals surface area contributed by atoms with Crippen LogP contribution in [0.2, 0.25) is 0 Å². The maximum absolute atomic E-state index is 14.1. The normalized spacial score (nSPS) is 16.6. The second-order valence-electron chi connectivity index (χ2n) is 8.61. The highest BCUT2D eigenvalue weighted by Crippen LogP contribution is 2.31. The van der Waals surface area contributed by atoms with Crippen LogP contribution in [0.5, 0.6) is 0 Å². The summed E-state index contributed by atoms with van der Waals surface area (Å²) in [6, 6.07) is 24.6. The number of benzene rings is 3. The van der Waals surface area contributed by atoms with E-state index in [-0.39, 0.29) is 24.3 Å². The van der Waals surface area contributed by atoms with Crippen molar-refractivity contribution in [3.63, 3.8) is 0 Å². The fourth-order valence-electron chi connectivity index (χ4n) is 4.66. The summed E-state index contributed by atoms with van der Waals surface area (Å²) in [6.45, 7) is 0.312. The fourth-order valence-corrected chi connectivity index (χ4v) is 5.21. The second kappa shape index (κ2) is 10.7. The lowest BCUT2D eigenvalue weighted by Crippen LogP contribution is -2.41. The van der Waals surface area contributed by atoms with Gasteiger partial charge in [-0.15, -0.1) is 0 Å². The van der Waals surface area contributed by atoms with Crippen LogP contribution in [0.4, 0.5) is 5.69 Å².